The van der Waals surface area contributed by atoms with Crippen LogP contribution in [0.25, 0.3) is 0 Å². The molecule has 0 radical (unpaired) electrons. The van der Waals surface area contributed by atoms with E-state index in [0.717, 1.165) is 11.3 Å². The van der Waals surface area contributed by atoms with Crippen LogP contribution in [0.15, 0.2) is 70.8 Å². The van der Waals surface area contributed by atoms with Gasteiger partial charge in [-0.1, -0.05) is 30.3 Å². The fourth-order valence-corrected chi connectivity index (χ4v) is 3.18. The predicted molar refractivity (Wildman–Crippen MR) is 111 cm³/mol. The molecule has 0 saturated carbocycles. The number of nitrogens with zero attached hydrogens (tertiary/aromatic N) is 2. The van der Waals surface area contributed by atoms with E-state index < -0.39 is 0 Å². The second-order valence-electron chi connectivity index (χ2n) is 6.13. The average Bonchev–Trinajstić information content (AvgIpc) is 2.71. The van der Waals surface area contributed by atoms with Crippen LogP contribution in [0.5, 0.6) is 11.6 Å². The van der Waals surface area contributed by atoms with Crippen molar-refractivity contribution in [2.24, 2.45) is 0 Å². The maximum absolute atomic E-state index is 12.2. The zero-order chi connectivity index (χ0) is 19.9. The van der Waals surface area contributed by atoms with E-state index >= 15 is 0 Å². The number of benzene rings is 2. The minimum Gasteiger partial charge on any atom is -0.437 e. The van der Waals surface area contributed by atoms with Gasteiger partial charge in [0.25, 0.3) is 11.8 Å². The van der Waals surface area contributed by atoms with E-state index in [0.29, 0.717) is 27.2 Å². The third-order valence-electron chi connectivity index (χ3n) is 3.98. The molecule has 1 atom stereocenters. The van der Waals surface area contributed by atoms with E-state index in [2.05, 4.69) is 15.3 Å². The van der Waals surface area contributed by atoms with Gasteiger partial charge < -0.3 is 10.1 Å². The number of carbonyl (C=O) groups excluding carboxylic acids is 1. The van der Waals surface area contributed by atoms with Gasteiger partial charge in [0.05, 0.1) is 0 Å². The minimum atomic E-state index is -0.0978. The molecular weight excluding hydrogens is 394 g/mol. The lowest BCUT2D eigenvalue weighted by atomic mass is 10.2. The molecule has 0 saturated heterocycles. The highest BCUT2D eigenvalue weighted by molar-refractivity contribution is 7.99. The van der Waals surface area contributed by atoms with Crippen LogP contribution >= 0.6 is 23.4 Å². The Hall–Kier alpha value is -2.57. The van der Waals surface area contributed by atoms with Gasteiger partial charge in [-0.3, -0.25) is 4.79 Å². The van der Waals surface area contributed by atoms with Crippen LogP contribution in [0.1, 0.15) is 30.6 Å². The molecule has 0 unspecified atom stereocenters. The van der Waals surface area contributed by atoms with Crippen molar-refractivity contribution in [3.05, 3.63) is 71.5 Å². The molecule has 0 fully saturated rings. The highest BCUT2D eigenvalue weighted by Crippen LogP contribution is 2.34. The van der Waals surface area contributed by atoms with Gasteiger partial charge in [0, 0.05) is 33.9 Å². The molecule has 0 aliphatic rings. The van der Waals surface area contributed by atoms with Gasteiger partial charge in [-0.2, -0.15) is 0 Å². The fraction of sp³-hybridized carbons (Fsp3) is 0.190. The molecule has 7 heteroatoms. The number of rotatable bonds is 7. The van der Waals surface area contributed by atoms with Gasteiger partial charge in [-0.05, 0) is 61.9 Å². The van der Waals surface area contributed by atoms with Gasteiger partial charge in [-0.25, -0.2) is 9.97 Å². The van der Waals surface area contributed by atoms with Gasteiger partial charge in [-0.15, -0.1) is 0 Å². The maximum Gasteiger partial charge on any atom is 0.252 e. The number of halogens is 1. The third-order valence-corrected chi connectivity index (χ3v) is 5.22. The van der Waals surface area contributed by atoms with Crippen molar-refractivity contribution in [1.29, 1.82) is 0 Å². The molecule has 0 aliphatic carbocycles. The Morgan fingerprint density at radius 3 is 2.46 bits per heavy atom. The van der Waals surface area contributed by atoms with Crippen LogP contribution in [0, 0.1) is 0 Å². The summed E-state index contributed by atoms with van der Waals surface area (Å²) in [5.74, 6) is 0.886. The van der Waals surface area contributed by atoms with Gasteiger partial charge in [0.1, 0.15) is 5.75 Å². The molecule has 3 rings (SSSR count). The first-order valence-corrected chi connectivity index (χ1v) is 10.1. The summed E-state index contributed by atoms with van der Waals surface area (Å²) in [4.78, 5) is 21.8. The molecular formula is C21H20ClN3O2S. The van der Waals surface area contributed by atoms with Crippen LogP contribution in [-0.2, 0) is 0 Å². The number of aromatic nitrogens is 2. The summed E-state index contributed by atoms with van der Waals surface area (Å²) in [6.45, 7) is 4.01. The van der Waals surface area contributed by atoms with Crippen molar-refractivity contribution >= 4 is 29.3 Å². The van der Waals surface area contributed by atoms with Crippen molar-refractivity contribution in [2.45, 2.75) is 36.2 Å². The molecule has 1 heterocycles. The molecule has 3 aromatic rings. The molecule has 144 valence electrons. The van der Waals surface area contributed by atoms with E-state index in [1.54, 1.807) is 36.7 Å². The zero-order valence-electron chi connectivity index (χ0n) is 15.6. The molecule has 0 spiro atoms. The molecule has 1 aromatic heterocycles. The molecule has 1 N–H and O–H groups in total. The molecule has 28 heavy (non-hydrogen) atoms. The Morgan fingerprint density at radius 2 is 1.79 bits per heavy atom. The molecule has 0 bridgehead atoms. The lowest BCUT2D eigenvalue weighted by molar-refractivity contribution is 0.0939. The Kier molecular flexibility index (Phi) is 6.90. The summed E-state index contributed by atoms with van der Waals surface area (Å²) in [5.41, 5.74) is 0.586. The van der Waals surface area contributed by atoms with Crippen molar-refractivity contribution in [1.82, 2.24) is 15.3 Å². The number of nitrogens with one attached hydrogen (secondary N) is 1. The molecule has 5 nitrogen and oxygen atoms in total. The monoisotopic (exact) mass is 413 g/mol. The first kappa shape index (κ1) is 20.2. The lowest BCUT2D eigenvalue weighted by Gasteiger charge is -2.12. The van der Waals surface area contributed by atoms with E-state index in [1.165, 1.54) is 11.8 Å². The standard InChI is InChI=1S/C21H20ClN3O2S/c1-3-14(2)25-19(26)15-4-8-17(9-5-15)27-20-21(24-13-12-23-20)28-18-10-6-16(22)7-11-18/h4-14H,3H2,1-2H3,(H,25,26)/t14-/m1/s1. The summed E-state index contributed by atoms with van der Waals surface area (Å²) in [7, 11) is 0. The lowest BCUT2D eigenvalue weighted by Crippen LogP contribution is -2.31. The van der Waals surface area contributed by atoms with Gasteiger partial charge in [0.2, 0.25) is 0 Å². The summed E-state index contributed by atoms with van der Waals surface area (Å²) < 4.78 is 5.89. The minimum absolute atomic E-state index is 0.0978. The Balaban J connectivity index is 1.71. The zero-order valence-corrected chi connectivity index (χ0v) is 17.1. The first-order chi connectivity index (χ1) is 13.5. The van der Waals surface area contributed by atoms with Crippen LogP contribution in [0.4, 0.5) is 0 Å². The summed E-state index contributed by atoms with van der Waals surface area (Å²) >= 11 is 7.37. The average molecular weight is 414 g/mol. The van der Waals surface area contributed by atoms with Crippen molar-refractivity contribution in [3.63, 3.8) is 0 Å². The van der Waals surface area contributed by atoms with Crippen LogP contribution < -0.4 is 10.1 Å². The SMILES string of the molecule is CC[C@@H](C)NC(=O)c1ccc(Oc2nccnc2Sc2ccc(Cl)cc2)cc1. The Morgan fingerprint density at radius 1 is 1.11 bits per heavy atom. The van der Waals surface area contributed by atoms with Gasteiger partial charge >= 0.3 is 0 Å². The van der Waals surface area contributed by atoms with Crippen molar-refractivity contribution < 1.29 is 9.53 Å². The van der Waals surface area contributed by atoms with Crippen LogP contribution in [0.3, 0.4) is 0 Å². The smallest absolute Gasteiger partial charge is 0.252 e. The van der Waals surface area contributed by atoms with Crippen molar-refractivity contribution in [2.75, 3.05) is 0 Å². The van der Waals surface area contributed by atoms with Crippen LogP contribution in [0.2, 0.25) is 5.02 Å². The van der Waals surface area contributed by atoms with Gasteiger partial charge in [0.15, 0.2) is 5.03 Å². The normalized spacial score (nSPS) is 11.7. The highest BCUT2D eigenvalue weighted by Gasteiger charge is 2.12. The van der Waals surface area contributed by atoms with E-state index in [-0.39, 0.29) is 11.9 Å². The second kappa shape index (κ2) is 9.57. The topological polar surface area (TPSA) is 64.1 Å². The largest absolute Gasteiger partial charge is 0.437 e. The first-order valence-electron chi connectivity index (χ1n) is 8.88. The Bertz CT molecular complexity index is 933. The van der Waals surface area contributed by atoms with E-state index in [9.17, 15) is 4.79 Å². The number of ether oxygens (including phenoxy) is 1. The number of hydrogen-bond acceptors (Lipinski definition) is 5. The summed E-state index contributed by atoms with van der Waals surface area (Å²) in [5, 5.41) is 4.26. The van der Waals surface area contributed by atoms with Crippen molar-refractivity contribution in [3.8, 4) is 11.6 Å². The van der Waals surface area contributed by atoms with E-state index in [4.69, 9.17) is 16.3 Å². The Labute approximate surface area is 173 Å². The second-order valence-corrected chi connectivity index (χ2v) is 7.63. The van der Waals surface area contributed by atoms with E-state index in [1.807, 2.05) is 38.1 Å². The number of hydrogen-bond donors (Lipinski definition) is 1. The summed E-state index contributed by atoms with van der Waals surface area (Å²) in [6.07, 6.45) is 4.08. The van der Waals surface area contributed by atoms with Crippen LogP contribution in [-0.4, -0.2) is 21.9 Å². The third kappa shape index (κ3) is 5.47. The quantitative estimate of drug-likeness (QED) is 0.546. The number of carbonyl (C=O) groups is 1. The highest BCUT2D eigenvalue weighted by atomic mass is 35.5. The summed E-state index contributed by atoms with van der Waals surface area (Å²) in [6, 6.07) is 14.6. The number of amides is 1. The molecule has 2 aromatic carbocycles. The molecule has 0 aliphatic heterocycles. The molecule has 1 amide bonds. The predicted octanol–water partition coefficient (Wildman–Crippen LogP) is 5.60. The fourth-order valence-electron chi connectivity index (χ4n) is 2.26. The maximum atomic E-state index is 12.2.